The molecule has 5 heteroatoms. The van der Waals surface area contributed by atoms with Crippen LogP contribution < -0.4 is 0 Å². The van der Waals surface area contributed by atoms with Crippen LogP contribution in [0.15, 0.2) is 28.9 Å². The van der Waals surface area contributed by atoms with Gasteiger partial charge in [0.2, 0.25) is 0 Å². The van der Waals surface area contributed by atoms with Crippen LogP contribution in [0.3, 0.4) is 0 Å². The fraction of sp³-hybridized carbons (Fsp3) is 0.0833. The monoisotopic (exact) mass is 234 g/mol. The van der Waals surface area contributed by atoms with Gasteiger partial charge in [-0.2, -0.15) is 0 Å². The number of aromatic amines is 1. The highest BCUT2D eigenvalue weighted by Crippen LogP contribution is 2.24. The maximum atomic E-state index is 13.5. The van der Waals surface area contributed by atoms with E-state index in [4.69, 9.17) is 4.42 Å². The maximum Gasteiger partial charge on any atom is 0.186 e. The average Bonchev–Trinajstić information content (AvgIpc) is 2.90. The zero-order valence-electron chi connectivity index (χ0n) is 8.92. The zero-order valence-corrected chi connectivity index (χ0v) is 8.92. The molecule has 3 rings (SSSR count). The van der Waals surface area contributed by atoms with E-state index in [0.717, 1.165) is 11.8 Å². The summed E-state index contributed by atoms with van der Waals surface area (Å²) in [5.41, 5.74) is 1.16. The normalized spacial score (nSPS) is 11.2. The fourth-order valence-corrected chi connectivity index (χ4v) is 1.72. The molecule has 0 saturated carbocycles. The number of fused-ring (bicyclic) bond motifs is 1. The molecule has 2 heterocycles. The van der Waals surface area contributed by atoms with E-state index in [1.165, 1.54) is 12.3 Å². The Kier molecular flexibility index (Phi) is 2.01. The van der Waals surface area contributed by atoms with E-state index in [1.807, 2.05) is 0 Å². The number of hydrogen-bond donors (Lipinski definition) is 1. The van der Waals surface area contributed by atoms with Crippen LogP contribution in [0, 0.1) is 18.6 Å². The van der Waals surface area contributed by atoms with Crippen molar-refractivity contribution in [3.63, 3.8) is 0 Å². The number of furan rings is 1. The second-order valence-electron chi connectivity index (χ2n) is 3.79. The van der Waals surface area contributed by atoms with Gasteiger partial charge >= 0.3 is 0 Å². The van der Waals surface area contributed by atoms with Gasteiger partial charge in [-0.3, -0.25) is 0 Å². The lowest BCUT2D eigenvalue weighted by atomic mass is 10.3. The van der Waals surface area contributed by atoms with Gasteiger partial charge in [-0.25, -0.2) is 13.8 Å². The summed E-state index contributed by atoms with van der Waals surface area (Å²) < 4.78 is 31.6. The number of imidazole rings is 1. The van der Waals surface area contributed by atoms with Gasteiger partial charge in [0.05, 0.1) is 11.1 Å². The van der Waals surface area contributed by atoms with Crippen LogP contribution in [0.2, 0.25) is 0 Å². The number of aryl methyl sites for hydroxylation is 1. The molecule has 0 unspecified atom stereocenters. The first kappa shape index (κ1) is 10.0. The molecule has 3 nitrogen and oxygen atoms in total. The first-order valence-electron chi connectivity index (χ1n) is 5.04. The van der Waals surface area contributed by atoms with Gasteiger partial charge in [0.25, 0.3) is 0 Å². The van der Waals surface area contributed by atoms with Crippen LogP contribution in [0.1, 0.15) is 5.76 Å². The molecule has 1 N–H and O–H groups in total. The van der Waals surface area contributed by atoms with Crippen LogP contribution in [0.25, 0.3) is 22.4 Å². The van der Waals surface area contributed by atoms with E-state index in [2.05, 4.69) is 9.97 Å². The van der Waals surface area contributed by atoms with Crippen molar-refractivity contribution in [1.29, 1.82) is 0 Å². The van der Waals surface area contributed by atoms with Crippen molar-refractivity contribution in [3.05, 3.63) is 41.9 Å². The highest BCUT2D eigenvalue weighted by molar-refractivity contribution is 5.79. The molecule has 1 aromatic carbocycles. The van der Waals surface area contributed by atoms with E-state index in [9.17, 15) is 8.78 Å². The Morgan fingerprint density at radius 3 is 2.82 bits per heavy atom. The Morgan fingerprint density at radius 2 is 2.12 bits per heavy atom. The largest absolute Gasteiger partial charge is 0.469 e. The number of benzene rings is 1. The standard InChI is InChI=1S/C12H8F2N2O/c1-6-4-7(5-17-6)12-15-9-3-2-8(13)10(14)11(9)16-12/h2-5H,1H3,(H,15,16). The lowest BCUT2D eigenvalue weighted by Crippen LogP contribution is -1.84. The second-order valence-corrected chi connectivity index (χ2v) is 3.79. The quantitative estimate of drug-likeness (QED) is 0.701. The van der Waals surface area contributed by atoms with Crippen molar-refractivity contribution < 1.29 is 13.2 Å². The molecule has 0 amide bonds. The van der Waals surface area contributed by atoms with E-state index < -0.39 is 11.6 Å². The van der Waals surface area contributed by atoms with Gasteiger partial charge in [0.1, 0.15) is 23.4 Å². The van der Waals surface area contributed by atoms with Gasteiger partial charge in [-0.05, 0) is 25.1 Å². The highest BCUT2D eigenvalue weighted by Gasteiger charge is 2.13. The van der Waals surface area contributed by atoms with Crippen LogP contribution in [0.5, 0.6) is 0 Å². The van der Waals surface area contributed by atoms with Crippen LogP contribution in [-0.2, 0) is 0 Å². The number of H-pyrrole nitrogens is 1. The zero-order chi connectivity index (χ0) is 12.0. The Hall–Kier alpha value is -2.17. The SMILES string of the molecule is Cc1cc(-c2nc3c(F)c(F)ccc3[nH]2)co1. The van der Waals surface area contributed by atoms with E-state index >= 15 is 0 Å². The van der Waals surface area contributed by atoms with Crippen molar-refractivity contribution >= 4 is 11.0 Å². The molecule has 86 valence electrons. The Bertz CT molecular complexity index is 700. The lowest BCUT2D eigenvalue weighted by Gasteiger charge is -1.91. The number of nitrogens with zero attached hydrogens (tertiary/aromatic N) is 1. The maximum absolute atomic E-state index is 13.5. The first-order chi connectivity index (χ1) is 8.15. The van der Waals surface area contributed by atoms with E-state index in [1.54, 1.807) is 13.0 Å². The molecular weight excluding hydrogens is 226 g/mol. The predicted molar refractivity (Wildman–Crippen MR) is 58.4 cm³/mol. The van der Waals surface area contributed by atoms with Crippen molar-refractivity contribution in [2.75, 3.05) is 0 Å². The number of rotatable bonds is 1. The second kappa shape index (κ2) is 3.41. The average molecular weight is 234 g/mol. The molecule has 0 spiro atoms. The third-order valence-corrected chi connectivity index (χ3v) is 2.55. The molecule has 0 radical (unpaired) electrons. The summed E-state index contributed by atoms with van der Waals surface area (Å²) in [5, 5.41) is 0. The summed E-state index contributed by atoms with van der Waals surface area (Å²) in [5.74, 6) is -0.655. The summed E-state index contributed by atoms with van der Waals surface area (Å²) in [6.07, 6.45) is 1.52. The van der Waals surface area contributed by atoms with Gasteiger partial charge < -0.3 is 9.40 Å². The third-order valence-electron chi connectivity index (χ3n) is 2.55. The number of nitrogens with one attached hydrogen (secondary N) is 1. The van der Waals surface area contributed by atoms with Crippen LogP contribution >= 0.6 is 0 Å². The van der Waals surface area contributed by atoms with Crippen LogP contribution in [-0.4, -0.2) is 9.97 Å². The van der Waals surface area contributed by atoms with Crippen molar-refractivity contribution in [1.82, 2.24) is 9.97 Å². The van der Waals surface area contributed by atoms with E-state index in [-0.39, 0.29) is 5.52 Å². The molecule has 0 fully saturated rings. The van der Waals surface area contributed by atoms with Gasteiger partial charge in [0.15, 0.2) is 11.6 Å². The minimum atomic E-state index is -0.940. The molecule has 3 aromatic rings. The molecule has 0 aliphatic carbocycles. The topological polar surface area (TPSA) is 41.8 Å². The molecule has 0 atom stereocenters. The molecule has 0 bridgehead atoms. The molecule has 0 aliphatic heterocycles. The van der Waals surface area contributed by atoms with Crippen LogP contribution in [0.4, 0.5) is 8.78 Å². The van der Waals surface area contributed by atoms with Gasteiger partial charge in [-0.1, -0.05) is 0 Å². The number of halogens is 2. The Balaban J connectivity index is 2.23. The highest BCUT2D eigenvalue weighted by atomic mass is 19.2. The van der Waals surface area contributed by atoms with Gasteiger partial charge in [-0.15, -0.1) is 0 Å². The third kappa shape index (κ3) is 1.51. The van der Waals surface area contributed by atoms with E-state index in [0.29, 0.717) is 16.9 Å². The van der Waals surface area contributed by atoms with Crippen molar-refractivity contribution in [2.24, 2.45) is 0 Å². The van der Waals surface area contributed by atoms with Crippen molar-refractivity contribution in [3.8, 4) is 11.4 Å². The first-order valence-corrected chi connectivity index (χ1v) is 5.04. The molecular formula is C12H8F2N2O. The summed E-state index contributed by atoms with van der Waals surface area (Å²) in [7, 11) is 0. The summed E-state index contributed by atoms with van der Waals surface area (Å²) in [6, 6.07) is 4.30. The van der Waals surface area contributed by atoms with Crippen molar-refractivity contribution in [2.45, 2.75) is 6.92 Å². The molecule has 17 heavy (non-hydrogen) atoms. The molecule has 2 aromatic heterocycles. The molecule has 0 aliphatic rings. The Labute approximate surface area is 95.1 Å². The summed E-state index contributed by atoms with van der Waals surface area (Å²) in [4.78, 5) is 6.94. The minimum Gasteiger partial charge on any atom is -0.469 e. The summed E-state index contributed by atoms with van der Waals surface area (Å²) in [6.45, 7) is 1.80. The lowest BCUT2D eigenvalue weighted by molar-refractivity contribution is 0.515. The smallest absolute Gasteiger partial charge is 0.186 e. The fourth-order valence-electron chi connectivity index (χ4n) is 1.72. The predicted octanol–water partition coefficient (Wildman–Crippen LogP) is 3.41. The molecule has 0 saturated heterocycles. The number of aromatic nitrogens is 2. The minimum absolute atomic E-state index is 0.00106. The summed E-state index contributed by atoms with van der Waals surface area (Å²) >= 11 is 0. The Morgan fingerprint density at radius 1 is 1.29 bits per heavy atom. The number of hydrogen-bond acceptors (Lipinski definition) is 2. The van der Waals surface area contributed by atoms with Gasteiger partial charge in [0, 0.05) is 0 Å².